The van der Waals surface area contributed by atoms with Crippen LogP contribution in [0.5, 0.6) is 0 Å². The van der Waals surface area contributed by atoms with E-state index in [9.17, 15) is 5.11 Å². The van der Waals surface area contributed by atoms with Gasteiger partial charge in [0.25, 0.3) is 0 Å². The van der Waals surface area contributed by atoms with Gasteiger partial charge in [-0.05, 0) is 25.7 Å². The van der Waals surface area contributed by atoms with Crippen molar-refractivity contribution in [2.75, 3.05) is 6.61 Å². The summed E-state index contributed by atoms with van der Waals surface area (Å²) in [5.41, 5.74) is 0. The van der Waals surface area contributed by atoms with Gasteiger partial charge in [0.1, 0.15) is 0 Å². The van der Waals surface area contributed by atoms with Crippen molar-refractivity contribution in [1.29, 1.82) is 0 Å². The molecule has 0 aromatic carbocycles. The summed E-state index contributed by atoms with van der Waals surface area (Å²) in [5.74, 6) is 0. The molecule has 0 N–H and O–H groups in total. The minimum atomic E-state index is -0.367. The van der Waals surface area contributed by atoms with E-state index in [0.717, 1.165) is 45.1 Å². The van der Waals surface area contributed by atoms with E-state index in [-0.39, 0.29) is 12.2 Å². The number of ether oxygens (including phenoxy) is 1. The molecular formula is C12H22O2. The van der Waals surface area contributed by atoms with Gasteiger partial charge in [0.05, 0.1) is 12.2 Å². The molecule has 1 saturated carbocycles. The van der Waals surface area contributed by atoms with Crippen LogP contribution in [-0.2, 0) is 9.84 Å². The fourth-order valence-electron chi connectivity index (χ4n) is 1.96. The summed E-state index contributed by atoms with van der Waals surface area (Å²) in [6.07, 6.45) is 8.15. The molecule has 0 aromatic rings. The second-order valence-corrected chi connectivity index (χ2v) is 4.20. The highest BCUT2D eigenvalue weighted by atomic mass is 16.5. The van der Waals surface area contributed by atoms with Gasteiger partial charge in [0, 0.05) is 13.0 Å². The van der Waals surface area contributed by atoms with Crippen LogP contribution < -0.4 is 0 Å². The Balaban J connectivity index is 1.95. The van der Waals surface area contributed by atoms with Gasteiger partial charge in [-0.3, -0.25) is 0 Å². The Bertz CT molecular complexity index is 136. The molecule has 1 fully saturated rings. The standard InChI is InChI=1S/C12H22O2/c1-2-3-4-5-9-14-12-8-6-7-11(13)10-12/h11-12H,1-10H2. The summed E-state index contributed by atoms with van der Waals surface area (Å²) in [6.45, 7) is 4.63. The van der Waals surface area contributed by atoms with Gasteiger partial charge in [-0.25, -0.2) is 5.11 Å². The van der Waals surface area contributed by atoms with Crippen molar-refractivity contribution in [2.45, 2.75) is 63.6 Å². The first kappa shape index (κ1) is 12.0. The Kier molecular flexibility index (Phi) is 6.20. The molecule has 0 heterocycles. The summed E-state index contributed by atoms with van der Waals surface area (Å²) < 4.78 is 5.68. The Morgan fingerprint density at radius 1 is 1.21 bits per heavy atom. The summed E-state index contributed by atoms with van der Waals surface area (Å²) >= 11 is 0. The SMILES string of the molecule is [CH2]CCCCCOC1CCCC([O])C1. The molecule has 1 aliphatic rings. The Morgan fingerprint density at radius 3 is 2.79 bits per heavy atom. The first-order valence-electron chi connectivity index (χ1n) is 5.89. The van der Waals surface area contributed by atoms with Crippen molar-refractivity contribution in [3.63, 3.8) is 0 Å². The lowest BCUT2D eigenvalue weighted by Crippen LogP contribution is -2.25. The number of unbranched alkanes of at least 4 members (excludes halogenated alkanes) is 3. The molecule has 0 amide bonds. The Morgan fingerprint density at radius 2 is 2.07 bits per heavy atom. The van der Waals surface area contributed by atoms with Crippen molar-refractivity contribution < 1.29 is 9.84 Å². The molecule has 2 nitrogen and oxygen atoms in total. The zero-order valence-corrected chi connectivity index (χ0v) is 9.04. The zero-order valence-electron chi connectivity index (χ0n) is 9.04. The van der Waals surface area contributed by atoms with E-state index < -0.39 is 0 Å². The molecule has 0 aromatic heterocycles. The van der Waals surface area contributed by atoms with E-state index >= 15 is 0 Å². The van der Waals surface area contributed by atoms with Crippen molar-refractivity contribution in [1.82, 2.24) is 0 Å². The molecule has 82 valence electrons. The second-order valence-electron chi connectivity index (χ2n) is 4.20. The maximum absolute atomic E-state index is 11.2. The molecule has 0 saturated heterocycles. The van der Waals surface area contributed by atoms with Crippen LogP contribution >= 0.6 is 0 Å². The third-order valence-electron chi connectivity index (χ3n) is 2.83. The van der Waals surface area contributed by atoms with Gasteiger partial charge in [0.15, 0.2) is 0 Å². The van der Waals surface area contributed by atoms with Crippen molar-refractivity contribution in [3.05, 3.63) is 6.92 Å². The maximum Gasteiger partial charge on any atom is 0.0954 e. The highest BCUT2D eigenvalue weighted by molar-refractivity contribution is 4.71. The normalized spacial score (nSPS) is 27.9. The minimum Gasteiger partial charge on any atom is -0.378 e. The molecule has 0 spiro atoms. The maximum atomic E-state index is 11.2. The molecule has 1 aliphatic carbocycles. The van der Waals surface area contributed by atoms with Crippen LogP contribution in [0.3, 0.4) is 0 Å². The van der Waals surface area contributed by atoms with Crippen LogP contribution in [-0.4, -0.2) is 18.8 Å². The molecule has 14 heavy (non-hydrogen) atoms. The first-order chi connectivity index (χ1) is 6.83. The largest absolute Gasteiger partial charge is 0.378 e. The minimum absolute atomic E-state index is 0.256. The smallest absolute Gasteiger partial charge is 0.0954 e. The van der Waals surface area contributed by atoms with Gasteiger partial charge in [-0.1, -0.05) is 26.2 Å². The lowest BCUT2D eigenvalue weighted by molar-refractivity contribution is -0.0381. The van der Waals surface area contributed by atoms with Gasteiger partial charge >= 0.3 is 0 Å². The molecule has 1 rings (SSSR count). The van der Waals surface area contributed by atoms with Gasteiger partial charge in [-0.15, -0.1) is 0 Å². The van der Waals surface area contributed by atoms with E-state index in [1.54, 1.807) is 0 Å². The molecule has 2 heteroatoms. The average molecular weight is 198 g/mol. The second kappa shape index (κ2) is 7.24. The third-order valence-corrected chi connectivity index (χ3v) is 2.83. The number of hydrogen-bond donors (Lipinski definition) is 0. The highest BCUT2D eigenvalue weighted by Crippen LogP contribution is 2.21. The molecule has 0 bridgehead atoms. The van der Waals surface area contributed by atoms with Crippen LogP contribution in [0, 0.1) is 6.92 Å². The van der Waals surface area contributed by atoms with Crippen molar-refractivity contribution >= 4 is 0 Å². The van der Waals surface area contributed by atoms with E-state index in [2.05, 4.69) is 6.92 Å². The van der Waals surface area contributed by atoms with E-state index in [1.165, 1.54) is 12.8 Å². The van der Waals surface area contributed by atoms with Crippen LogP contribution in [0.1, 0.15) is 51.4 Å². The highest BCUT2D eigenvalue weighted by Gasteiger charge is 2.21. The predicted molar refractivity (Wildman–Crippen MR) is 56.5 cm³/mol. The van der Waals surface area contributed by atoms with Crippen molar-refractivity contribution in [3.8, 4) is 0 Å². The predicted octanol–water partition coefficient (Wildman–Crippen LogP) is 3.14. The van der Waals surface area contributed by atoms with E-state index in [1.807, 2.05) is 0 Å². The summed E-state index contributed by atoms with van der Waals surface area (Å²) in [6, 6.07) is 0. The van der Waals surface area contributed by atoms with Crippen molar-refractivity contribution in [2.24, 2.45) is 0 Å². The van der Waals surface area contributed by atoms with Crippen LogP contribution in [0.25, 0.3) is 0 Å². The quantitative estimate of drug-likeness (QED) is 0.603. The van der Waals surface area contributed by atoms with Crippen LogP contribution in [0.2, 0.25) is 0 Å². The fraction of sp³-hybridized carbons (Fsp3) is 0.917. The molecule has 2 unspecified atom stereocenters. The Hall–Kier alpha value is -0.0800. The third kappa shape index (κ3) is 4.97. The van der Waals surface area contributed by atoms with Gasteiger partial charge in [0.2, 0.25) is 0 Å². The van der Waals surface area contributed by atoms with Crippen LogP contribution in [0.4, 0.5) is 0 Å². The molecule has 2 radical (unpaired) electrons. The van der Waals surface area contributed by atoms with E-state index in [0.29, 0.717) is 0 Å². The first-order valence-corrected chi connectivity index (χ1v) is 5.89. The monoisotopic (exact) mass is 198 g/mol. The molecule has 2 atom stereocenters. The number of hydrogen-bond acceptors (Lipinski definition) is 1. The summed E-state index contributed by atoms with van der Waals surface area (Å²) in [7, 11) is 0. The van der Waals surface area contributed by atoms with Gasteiger partial charge < -0.3 is 4.74 Å². The van der Waals surface area contributed by atoms with Crippen LogP contribution in [0.15, 0.2) is 0 Å². The summed E-state index contributed by atoms with van der Waals surface area (Å²) in [4.78, 5) is 0. The molecule has 0 aliphatic heterocycles. The number of rotatable bonds is 6. The zero-order chi connectivity index (χ0) is 10.2. The average Bonchev–Trinajstić information content (AvgIpc) is 2.18. The van der Waals surface area contributed by atoms with Gasteiger partial charge in [-0.2, -0.15) is 0 Å². The summed E-state index contributed by atoms with van der Waals surface area (Å²) in [5, 5.41) is 11.2. The fourth-order valence-corrected chi connectivity index (χ4v) is 1.96. The van der Waals surface area contributed by atoms with E-state index in [4.69, 9.17) is 4.74 Å². The lowest BCUT2D eigenvalue weighted by Gasteiger charge is -2.24. The molecular weight excluding hydrogens is 176 g/mol. The lowest BCUT2D eigenvalue weighted by atomic mass is 9.95. The Labute approximate surface area is 87.7 Å². The topological polar surface area (TPSA) is 29.1 Å².